The molecule has 0 spiro atoms. The van der Waals surface area contributed by atoms with E-state index >= 15 is 0 Å². The van der Waals surface area contributed by atoms with E-state index in [0.29, 0.717) is 35.1 Å². The van der Waals surface area contributed by atoms with E-state index in [1.165, 1.54) is 12.1 Å². The second-order valence-corrected chi connectivity index (χ2v) is 5.85. The molecule has 3 aromatic rings. The minimum absolute atomic E-state index is 0.304. The number of nitrogens with two attached hydrogens (primary N) is 1. The second kappa shape index (κ2) is 6.73. The summed E-state index contributed by atoms with van der Waals surface area (Å²) in [5, 5.41) is 14.5. The summed E-state index contributed by atoms with van der Waals surface area (Å²) in [5.74, 6) is -0.0153. The lowest BCUT2D eigenvalue weighted by Crippen LogP contribution is -2.06. The molecule has 0 aliphatic rings. The summed E-state index contributed by atoms with van der Waals surface area (Å²) in [5.41, 5.74) is 8.62. The monoisotopic (exact) mass is 340 g/mol. The van der Waals surface area contributed by atoms with E-state index in [-0.39, 0.29) is 5.82 Å². The topological polar surface area (TPSA) is 67.6 Å². The number of anilines is 1. The molecule has 0 aliphatic carbocycles. The summed E-state index contributed by atoms with van der Waals surface area (Å²) in [6.45, 7) is 0.431. The summed E-state index contributed by atoms with van der Waals surface area (Å²) < 4.78 is 14.9. The van der Waals surface area contributed by atoms with Crippen LogP contribution in [0, 0.1) is 17.1 Å². The van der Waals surface area contributed by atoms with Crippen LogP contribution in [0.1, 0.15) is 22.4 Å². The van der Waals surface area contributed by atoms with E-state index < -0.39 is 0 Å². The van der Waals surface area contributed by atoms with Gasteiger partial charge in [-0.2, -0.15) is 10.4 Å². The van der Waals surface area contributed by atoms with Crippen molar-refractivity contribution in [3.63, 3.8) is 0 Å². The van der Waals surface area contributed by atoms with Gasteiger partial charge in [-0.05, 0) is 35.4 Å². The number of benzene rings is 2. The maximum atomic E-state index is 13.3. The maximum absolute atomic E-state index is 13.3. The van der Waals surface area contributed by atoms with Gasteiger partial charge in [-0.25, -0.2) is 9.07 Å². The predicted molar refractivity (Wildman–Crippen MR) is 91.1 cm³/mol. The van der Waals surface area contributed by atoms with Crippen molar-refractivity contribution in [2.24, 2.45) is 0 Å². The average molecular weight is 341 g/mol. The van der Waals surface area contributed by atoms with Crippen molar-refractivity contribution in [1.29, 1.82) is 5.26 Å². The molecule has 0 amide bonds. The van der Waals surface area contributed by atoms with Crippen molar-refractivity contribution < 1.29 is 4.39 Å². The van der Waals surface area contributed by atoms with Crippen molar-refractivity contribution in [3.05, 3.63) is 81.8 Å². The fraction of sp³-hybridized carbons (Fsp3) is 0.111. The Bertz CT molecular complexity index is 910. The average Bonchev–Trinajstić information content (AvgIpc) is 2.84. The van der Waals surface area contributed by atoms with E-state index in [1.807, 2.05) is 12.1 Å². The lowest BCUT2D eigenvalue weighted by molar-refractivity contribution is 0.625. The molecule has 0 saturated carbocycles. The van der Waals surface area contributed by atoms with E-state index in [1.54, 1.807) is 28.9 Å². The lowest BCUT2D eigenvalue weighted by atomic mass is 10.1. The second-order valence-electron chi connectivity index (χ2n) is 5.41. The molecule has 0 atom stereocenters. The smallest absolute Gasteiger partial charge is 0.140 e. The summed E-state index contributed by atoms with van der Waals surface area (Å²) in [6, 6.07) is 15.6. The van der Waals surface area contributed by atoms with Crippen LogP contribution in [0.25, 0.3) is 0 Å². The highest BCUT2D eigenvalue weighted by molar-refractivity contribution is 6.30. The van der Waals surface area contributed by atoms with Gasteiger partial charge < -0.3 is 5.73 Å². The van der Waals surface area contributed by atoms with Crippen LogP contribution in [0.2, 0.25) is 5.02 Å². The Morgan fingerprint density at radius 3 is 2.58 bits per heavy atom. The lowest BCUT2D eigenvalue weighted by Gasteiger charge is -2.04. The number of rotatable bonds is 4. The predicted octanol–water partition coefficient (Wildman–Crippen LogP) is 3.77. The van der Waals surface area contributed by atoms with E-state index in [0.717, 1.165) is 11.1 Å². The SMILES string of the molecule is N#Cc1c(Cc2cccc(F)c2)nn(Cc2ccc(Cl)cc2)c1N. The zero-order valence-electron chi connectivity index (χ0n) is 12.7. The molecule has 1 aromatic heterocycles. The van der Waals surface area contributed by atoms with Crippen LogP contribution >= 0.6 is 11.6 Å². The van der Waals surface area contributed by atoms with Crippen LogP contribution in [-0.2, 0) is 13.0 Å². The van der Waals surface area contributed by atoms with Gasteiger partial charge >= 0.3 is 0 Å². The molecule has 0 bridgehead atoms. The highest BCUT2D eigenvalue weighted by Gasteiger charge is 2.16. The van der Waals surface area contributed by atoms with Gasteiger partial charge in [0.15, 0.2) is 0 Å². The Labute approximate surface area is 143 Å². The summed E-state index contributed by atoms with van der Waals surface area (Å²) in [4.78, 5) is 0. The van der Waals surface area contributed by atoms with E-state index in [9.17, 15) is 9.65 Å². The number of nitrogen functional groups attached to an aromatic ring is 1. The third-order valence-corrected chi connectivity index (χ3v) is 3.93. The minimum atomic E-state index is -0.320. The molecule has 4 nitrogen and oxygen atoms in total. The van der Waals surface area contributed by atoms with Gasteiger partial charge in [0.2, 0.25) is 0 Å². The summed E-state index contributed by atoms with van der Waals surface area (Å²) in [7, 11) is 0. The van der Waals surface area contributed by atoms with E-state index in [2.05, 4.69) is 11.2 Å². The largest absolute Gasteiger partial charge is 0.383 e. The van der Waals surface area contributed by atoms with Crippen LogP contribution < -0.4 is 5.73 Å². The minimum Gasteiger partial charge on any atom is -0.383 e. The van der Waals surface area contributed by atoms with Crippen LogP contribution in [0.5, 0.6) is 0 Å². The highest BCUT2D eigenvalue weighted by Crippen LogP contribution is 2.21. The standard InChI is InChI=1S/C18H14ClFN4/c19-14-6-4-12(5-7-14)11-24-18(22)16(10-21)17(23-24)9-13-2-1-3-15(20)8-13/h1-8H,9,11,22H2. The zero-order valence-corrected chi connectivity index (χ0v) is 13.5. The van der Waals surface area contributed by atoms with Crippen molar-refractivity contribution in [2.45, 2.75) is 13.0 Å². The third-order valence-electron chi connectivity index (χ3n) is 3.68. The molecule has 2 aromatic carbocycles. The molecule has 0 fully saturated rings. The number of aromatic nitrogens is 2. The molecule has 3 rings (SSSR count). The first-order valence-electron chi connectivity index (χ1n) is 7.31. The first-order valence-corrected chi connectivity index (χ1v) is 7.69. The molecule has 0 saturated heterocycles. The van der Waals surface area contributed by atoms with Crippen LogP contribution in [0.15, 0.2) is 48.5 Å². The van der Waals surface area contributed by atoms with Crippen molar-refractivity contribution in [2.75, 3.05) is 5.73 Å². The third kappa shape index (κ3) is 3.39. The molecule has 120 valence electrons. The fourth-order valence-corrected chi connectivity index (χ4v) is 2.62. The van der Waals surface area contributed by atoms with Gasteiger partial charge in [0.05, 0.1) is 12.2 Å². The Kier molecular flexibility index (Phi) is 4.50. The number of nitriles is 1. The van der Waals surface area contributed by atoms with Crippen molar-refractivity contribution in [1.82, 2.24) is 9.78 Å². The Hall–Kier alpha value is -2.84. The van der Waals surface area contributed by atoms with Crippen molar-refractivity contribution >= 4 is 17.4 Å². The fourth-order valence-electron chi connectivity index (χ4n) is 2.50. The van der Waals surface area contributed by atoms with Crippen LogP contribution in [-0.4, -0.2) is 9.78 Å². The molecule has 6 heteroatoms. The number of halogens is 2. The van der Waals surface area contributed by atoms with Gasteiger partial charge in [-0.3, -0.25) is 0 Å². The Morgan fingerprint density at radius 1 is 1.17 bits per heavy atom. The molecular formula is C18H14ClFN4. The van der Waals surface area contributed by atoms with E-state index in [4.69, 9.17) is 17.3 Å². The molecule has 0 aliphatic heterocycles. The number of nitrogens with zero attached hydrogens (tertiary/aromatic N) is 3. The Morgan fingerprint density at radius 2 is 1.92 bits per heavy atom. The zero-order chi connectivity index (χ0) is 17.1. The molecular weight excluding hydrogens is 327 g/mol. The summed E-state index contributed by atoms with van der Waals surface area (Å²) >= 11 is 5.88. The molecule has 24 heavy (non-hydrogen) atoms. The van der Waals surface area contributed by atoms with Gasteiger partial charge in [0.1, 0.15) is 23.3 Å². The first kappa shape index (κ1) is 16.0. The molecule has 2 N–H and O–H groups in total. The van der Waals surface area contributed by atoms with Gasteiger partial charge in [0.25, 0.3) is 0 Å². The van der Waals surface area contributed by atoms with Gasteiger partial charge in [0, 0.05) is 11.4 Å². The van der Waals surface area contributed by atoms with Crippen molar-refractivity contribution in [3.8, 4) is 6.07 Å². The summed E-state index contributed by atoms with van der Waals surface area (Å²) in [6.07, 6.45) is 0.346. The number of hydrogen-bond acceptors (Lipinski definition) is 3. The molecule has 0 unspecified atom stereocenters. The molecule has 0 radical (unpaired) electrons. The van der Waals surface area contributed by atoms with Crippen LogP contribution in [0.3, 0.4) is 0 Å². The van der Waals surface area contributed by atoms with Gasteiger partial charge in [-0.1, -0.05) is 35.9 Å². The molecule has 1 heterocycles. The first-order chi connectivity index (χ1) is 11.6. The van der Waals surface area contributed by atoms with Crippen LogP contribution in [0.4, 0.5) is 10.2 Å². The number of hydrogen-bond donors (Lipinski definition) is 1. The highest BCUT2D eigenvalue weighted by atomic mass is 35.5. The quantitative estimate of drug-likeness (QED) is 0.786. The Balaban J connectivity index is 1.91. The maximum Gasteiger partial charge on any atom is 0.140 e. The van der Waals surface area contributed by atoms with Gasteiger partial charge in [-0.15, -0.1) is 0 Å². The normalized spacial score (nSPS) is 10.5.